The fourth-order valence-electron chi connectivity index (χ4n) is 3.56. The van der Waals surface area contributed by atoms with Gasteiger partial charge in [-0.05, 0) is 61.4 Å². The third kappa shape index (κ3) is 11.1. The van der Waals surface area contributed by atoms with Crippen molar-refractivity contribution in [3.05, 3.63) is 54.1 Å². The summed E-state index contributed by atoms with van der Waals surface area (Å²) < 4.78 is 0. The summed E-state index contributed by atoms with van der Waals surface area (Å²) in [5.41, 5.74) is 3.21. The number of amides is 1. The molecular weight excluding hydrogens is 428 g/mol. The Balaban J connectivity index is 1.57. The topological polar surface area (TPSA) is 94.4 Å². The second kappa shape index (κ2) is 15.6. The lowest BCUT2D eigenvalue weighted by Gasteiger charge is -2.11. The molecule has 34 heavy (non-hydrogen) atoms. The molecule has 2 N–H and O–H groups in total. The normalized spacial score (nSPS) is 11.0. The van der Waals surface area contributed by atoms with Crippen molar-refractivity contribution in [3.63, 3.8) is 0 Å². The van der Waals surface area contributed by atoms with E-state index in [9.17, 15) is 9.59 Å². The van der Waals surface area contributed by atoms with Gasteiger partial charge in [0.05, 0.1) is 11.4 Å². The second-order valence-electron chi connectivity index (χ2n) is 8.74. The first kappa shape index (κ1) is 27.0. The van der Waals surface area contributed by atoms with Gasteiger partial charge in [-0.1, -0.05) is 44.9 Å². The minimum atomic E-state index is -0.701. The quantitative estimate of drug-likeness (QED) is 0.208. The molecule has 0 bridgehead atoms. The lowest BCUT2D eigenvalue weighted by atomic mass is 10.1. The summed E-state index contributed by atoms with van der Waals surface area (Å²) in [5, 5.41) is 20.1. The highest BCUT2D eigenvalue weighted by atomic mass is 16.4. The lowest BCUT2D eigenvalue weighted by Crippen LogP contribution is -2.24. The molecular formula is C27H38N4O3. The van der Waals surface area contributed by atoms with Gasteiger partial charge in [-0.2, -0.15) is 10.2 Å². The number of carboxylic acid groups (broad SMARTS) is 1. The van der Waals surface area contributed by atoms with Crippen LogP contribution in [0.15, 0.2) is 58.8 Å². The highest BCUT2D eigenvalue weighted by molar-refractivity contribution is 5.94. The van der Waals surface area contributed by atoms with Crippen molar-refractivity contribution in [3.8, 4) is 0 Å². The smallest absolute Gasteiger partial charge is 0.303 e. The molecule has 0 saturated heterocycles. The molecule has 0 spiro atoms. The zero-order chi connectivity index (χ0) is 24.6. The van der Waals surface area contributed by atoms with E-state index in [4.69, 9.17) is 5.11 Å². The van der Waals surface area contributed by atoms with E-state index in [2.05, 4.69) is 15.5 Å². The Bertz CT molecular complexity index is 893. The summed E-state index contributed by atoms with van der Waals surface area (Å²) in [6.45, 7) is 0.679. The molecule has 0 saturated carbocycles. The molecule has 0 aliphatic heterocycles. The number of aliphatic carboxylic acids is 1. The molecule has 7 heteroatoms. The van der Waals surface area contributed by atoms with Crippen molar-refractivity contribution in [2.24, 2.45) is 10.2 Å². The second-order valence-corrected chi connectivity index (χ2v) is 8.74. The Morgan fingerprint density at radius 2 is 1.21 bits per heavy atom. The van der Waals surface area contributed by atoms with Crippen LogP contribution in [0, 0.1) is 0 Å². The molecule has 0 radical (unpaired) electrons. The number of azo groups is 1. The van der Waals surface area contributed by atoms with Gasteiger partial charge in [0.15, 0.2) is 0 Å². The van der Waals surface area contributed by atoms with Crippen LogP contribution in [0.3, 0.4) is 0 Å². The molecule has 0 aliphatic rings. The van der Waals surface area contributed by atoms with Crippen LogP contribution in [-0.2, 0) is 4.79 Å². The van der Waals surface area contributed by atoms with Crippen LogP contribution < -0.4 is 10.2 Å². The van der Waals surface area contributed by atoms with Crippen LogP contribution in [0.5, 0.6) is 0 Å². The molecule has 0 atom stereocenters. The summed E-state index contributed by atoms with van der Waals surface area (Å²) in [6, 6.07) is 15.0. The highest BCUT2D eigenvalue weighted by Crippen LogP contribution is 2.21. The Labute approximate surface area is 203 Å². The number of nitrogens with one attached hydrogen (secondary N) is 1. The van der Waals surface area contributed by atoms with Gasteiger partial charge in [-0.25, -0.2) is 0 Å². The Kier molecular flexibility index (Phi) is 12.4. The standard InChI is InChI=1S/C27H38N4O3/c1-31(2)25-19-17-24(18-20-25)30-29-23-15-13-22(14-16-23)27(34)28-21-11-9-7-5-3-4-6-8-10-12-26(32)33/h13-20H,3-12,21H2,1-2H3,(H,28,34)(H,32,33). The number of hydrogen-bond acceptors (Lipinski definition) is 5. The zero-order valence-corrected chi connectivity index (χ0v) is 20.5. The Morgan fingerprint density at radius 3 is 1.71 bits per heavy atom. The number of benzene rings is 2. The van der Waals surface area contributed by atoms with Crippen molar-refractivity contribution in [2.75, 3.05) is 25.5 Å². The third-order valence-electron chi connectivity index (χ3n) is 5.63. The molecule has 7 nitrogen and oxygen atoms in total. The fourth-order valence-corrected chi connectivity index (χ4v) is 3.56. The first-order chi connectivity index (χ1) is 16.5. The van der Waals surface area contributed by atoms with Gasteiger partial charge in [0.25, 0.3) is 5.91 Å². The average Bonchev–Trinajstić information content (AvgIpc) is 2.83. The van der Waals surface area contributed by atoms with E-state index in [0.717, 1.165) is 43.5 Å². The molecule has 2 aromatic carbocycles. The molecule has 2 rings (SSSR count). The molecule has 0 heterocycles. The van der Waals surface area contributed by atoms with Crippen molar-refractivity contribution in [2.45, 2.75) is 64.2 Å². The number of nitrogens with zero attached hydrogens (tertiary/aromatic N) is 3. The first-order valence-electron chi connectivity index (χ1n) is 12.2. The van der Waals surface area contributed by atoms with Crippen LogP contribution in [0.4, 0.5) is 17.1 Å². The van der Waals surface area contributed by atoms with Gasteiger partial charge >= 0.3 is 5.97 Å². The van der Waals surface area contributed by atoms with E-state index in [0.29, 0.717) is 17.8 Å². The van der Waals surface area contributed by atoms with Gasteiger partial charge < -0.3 is 15.3 Å². The number of anilines is 1. The van der Waals surface area contributed by atoms with Gasteiger partial charge in [0.1, 0.15) is 0 Å². The van der Waals surface area contributed by atoms with Crippen molar-refractivity contribution in [1.82, 2.24) is 5.32 Å². The average molecular weight is 467 g/mol. The first-order valence-corrected chi connectivity index (χ1v) is 12.2. The Hall–Kier alpha value is -3.22. The summed E-state index contributed by atoms with van der Waals surface area (Å²) in [7, 11) is 3.99. The number of hydrogen-bond donors (Lipinski definition) is 2. The number of carbonyl (C=O) groups excluding carboxylic acids is 1. The number of rotatable bonds is 16. The monoisotopic (exact) mass is 466 g/mol. The van der Waals surface area contributed by atoms with Crippen LogP contribution in [-0.4, -0.2) is 37.6 Å². The molecule has 0 unspecified atom stereocenters. The molecule has 0 aliphatic carbocycles. The van der Waals surface area contributed by atoms with Crippen molar-refractivity contribution < 1.29 is 14.7 Å². The van der Waals surface area contributed by atoms with E-state index in [-0.39, 0.29) is 12.3 Å². The maximum Gasteiger partial charge on any atom is 0.303 e. The SMILES string of the molecule is CN(C)c1ccc(N=Nc2ccc(C(=O)NCCCCCCCCCCCC(=O)O)cc2)cc1. The van der Waals surface area contributed by atoms with Crippen molar-refractivity contribution >= 4 is 28.9 Å². The molecule has 2 aromatic rings. The summed E-state index contributed by atoms with van der Waals surface area (Å²) >= 11 is 0. The van der Waals surface area contributed by atoms with Crippen LogP contribution >= 0.6 is 0 Å². The minimum Gasteiger partial charge on any atom is -0.481 e. The fraction of sp³-hybridized carbons (Fsp3) is 0.481. The maximum absolute atomic E-state index is 12.3. The van der Waals surface area contributed by atoms with E-state index in [1.165, 1.54) is 25.7 Å². The predicted molar refractivity (Wildman–Crippen MR) is 138 cm³/mol. The highest BCUT2D eigenvalue weighted by Gasteiger charge is 2.04. The summed E-state index contributed by atoms with van der Waals surface area (Å²) in [5.74, 6) is -0.766. The maximum atomic E-state index is 12.3. The van der Waals surface area contributed by atoms with E-state index < -0.39 is 5.97 Å². The Morgan fingerprint density at radius 1 is 0.735 bits per heavy atom. The van der Waals surface area contributed by atoms with E-state index in [1.807, 2.05) is 43.3 Å². The van der Waals surface area contributed by atoms with Gasteiger partial charge in [-0.3, -0.25) is 9.59 Å². The van der Waals surface area contributed by atoms with Gasteiger partial charge in [-0.15, -0.1) is 0 Å². The number of carbonyl (C=O) groups is 2. The molecule has 0 fully saturated rings. The van der Waals surface area contributed by atoms with Crippen LogP contribution in [0.1, 0.15) is 74.6 Å². The predicted octanol–water partition coefficient (Wildman–Crippen LogP) is 6.88. The minimum absolute atomic E-state index is 0.0656. The van der Waals surface area contributed by atoms with E-state index >= 15 is 0 Å². The summed E-state index contributed by atoms with van der Waals surface area (Å²) in [4.78, 5) is 24.8. The largest absolute Gasteiger partial charge is 0.481 e. The van der Waals surface area contributed by atoms with E-state index in [1.54, 1.807) is 24.3 Å². The number of carboxylic acids is 1. The summed E-state index contributed by atoms with van der Waals surface area (Å²) in [6.07, 6.45) is 10.0. The van der Waals surface area contributed by atoms with Crippen LogP contribution in [0.25, 0.3) is 0 Å². The lowest BCUT2D eigenvalue weighted by molar-refractivity contribution is -0.137. The molecule has 184 valence electrons. The zero-order valence-electron chi connectivity index (χ0n) is 20.5. The van der Waals surface area contributed by atoms with Crippen LogP contribution in [0.2, 0.25) is 0 Å². The van der Waals surface area contributed by atoms with Crippen molar-refractivity contribution in [1.29, 1.82) is 0 Å². The number of unbranched alkanes of at least 4 members (excludes halogenated alkanes) is 8. The third-order valence-corrected chi connectivity index (χ3v) is 5.63. The molecule has 1 amide bonds. The molecule has 0 aromatic heterocycles. The van der Waals surface area contributed by atoms with Gasteiger partial charge in [0.2, 0.25) is 0 Å². The van der Waals surface area contributed by atoms with Gasteiger partial charge in [0, 0.05) is 38.3 Å².